The van der Waals surface area contributed by atoms with Crippen LogP contribution in [0.5, 0.6) is 5.75 Å². The van der Waals surface area contributed by atoms with E-state index in [9.17, 15) is 8.42 Å². The Morgan fingerprint density at radius 2 is 1.55 bits per heavy atom. The summed E-state index contributed by atoms with van der Waals surface area (Å²) in [5, 5.41) is 4.72. The summed E-state index contributed by atoms with van der Waals surface area (Å²) in [5.41, 5.74) is 1.08. The van der Waals surface area contributed by atoms with Crippen molar-refractivity contribution in [2.24, 2.45) is 0 Å². The van der Waals surface area contributed by atoms with E-state index < -0.39 is 10.0 Å². The molecule has 0 unspecified atom stereocenters. The van der Waals surface area contributed by atoms with Crippen molar-refractivity contribution in [1.82, 2.24) is 9.19 Å². The van der Waals surface area contributed by atoms with Crippen LogP contribution in [-0.4, -0.2) is 17.6 Å². The van der Waals surface area contributed by atoms with Crippen LogP contribution < -0.4 is 4.74 Å². The molecule has 5 nitrogen and oxygen atoms in total. The van der Waals surface area contributed by atoms with Crippen molar-refractivity contribution in [3.63, 3.8) is 0 Å². The molecule has 0 N–H and O–H groups in total. The molecule has 4 aromatic rings. The first-order valence-electron chi connectivity index (χ1n) is 9.20. The zero-order chi connectivity index (χ0) is 21.8. The van der Waals surface area contributed by atoms with Gasteiger partial charge in [0.15, 0.2) is 5.76 Å². The summed E-state index contributed by atoms with van der Waals surface area (Å²) in [7, 11) is -4.06. The van der Waals surface area contributed by atoms with Crippen LogP contribution in [0.1, 0.15) is 11.3 Å². The first-order valence-corrected chi connectivity index (χ1v) is 11.4. The average molecular weight is 471 g/mol. The molecule has 0 saturated heterocycles. The molecule has 1 aromatic heterocycles. The third kappa shape index (κ3) is 4.66. The number of aromatic nitrogens is 2. The molecule has 4 rings (SSSR count). The Balaban J connectivity index is 1.84. The predicted molar refractivity (Wildman–Crippen MR) is 123 cm³/mol. The van der Waals surface area contributed by atoms with Crippen molar-refractivity contribution in [3.8, 4) is 5.75 Å². The fourth-order valence-corrected chi connectivity index (χ4v) is 4.79. The number of halogens is 2. The molecule has 0 aliphatic heterocycles. The van der Waals surface area contributed by atoms with Gasteiger partial charge in [0.25, 0.3) is 10.0 Å². The number of hydrogen-bond donors (Lipinski definition) is 0. The Hall–Kier alpha value is -3.06. The van der Waals surface area contributed by atoms with Crippen LogP contribution in [-0.2, 0) is 10.0 Å². The standard InChI is InChI=1S/C23H16Cl2N2O3S/c24-18-10-12-19(13-11-18)30-22(16-17-6-2-1-3-7-17)21-14-15-26-27(21)31(28,29)23-9-5-4-8-20(23)25/h1-16H/b22-16+. The van der Waals surface area contributed by atoms with Gasteiger partial charge in [0, 0.05) is 5.02 Å². The van der Waals surface area contributed by atoms with Crippen molar-refractivity contribution >= 4 is 45.1 Å². The first kappa shape index (κ1) is 21.2. The van der Waals surface area contributed by atoms with Crippen LogP contribution >= 0.6 is 23.2 Å². The van der Waals surface area contributed by atoms with Gasteiger partial charge in [-0.05, 0) is 54.1 Å². The Morgan fingerprint density at radius 1 is 0.871 bits per heavy atom. The fraction of sp³-hybridized carbons (Fsp3) is 0. The minimum absolute atomic E-state index is 0.0489. The maximum atomic E-state index is 13.3. The zero-order valence-electron chi connectivity index (χ0n) is 16.0. The van der Waals surface area contributed by atoms with Crippen molar-refractivity contribution in [1.29, 1.82) is 0 Å². The van der Waals surface area contributed by atoms with Crippen LogP contribution in [0.15, 0.2) is 96.0 Å². The summed E-state index contributed by atoms with van der Waals surface area (Å²) in [5.74, 6) is 0.788. The van der Waals surface area contributed by atoms with Crippen molar-refractivity contribution in [2.75, 3.05) is 0 Å². The molecule has 8 heteroatoms. The highest BCUT2D eigenvalue weighted by Crippen LogP contribution is 2.29. The molecule has 0 aliphatic carbocycles. The van der Waals surface area contributed by atoms with E-state index in [1.165, 1.54) is 18.3 Å². The highest BCUT2D eigenvalue weighted by Gasteiger charge is 2.25. The molecule has 0 radical (unpaired) electrons. The predicted octanol–water partition coefficient (Wildman–Crippen LogP) is 6.00. The highest BCUT2D eigenvalue weighted by atomic mass is 35.5. The van der Waals surface area contributed by atoms with Crippen molar-refractivity contribution < 1.29 is 13.2 Å². The van der Waals surface area contributed by atoms with Gasteiger partial charge in [-0.25, -0.2) is 0 Å². The van der Waals surface area contributed by atoms with Crippen LogP contribution in [0.3, 0.4) is 0 Å². The molecule has 31 heavy (non-hydrogen) atoms. The van der Waals surface area contributed by atoms with E-state index >= 15 is 0 Å². The summed E-state index contributed by atoms with van der Waals surface area (Å²) in [6, 6.07) is 24.0. The van der Waals surface area contributed by atoms with Gasteiger partial charge in [0.1, 0.15) is 16.3 Å². The van der Waals surface area contributed by atoms with E-state index in [0.717, 1.165) is 9.65 Å². The van der Waals surface area contributed by atoms with E-state index in [0.29, 0.717) is 16.5 Å². The van der Waals surface area contributed by atoms with Gasteiger partial charge in [-0.15, -0.1) is 4.09 Å². The van der Waals surface area contributed by atoms with E-state index in [1.54, 1.807) is 48.5 Å². The number of hydrogen-bond acceptors (Lipinski definition) is 4. The van der Waals surface area contributed by atoms with Gasteiger partial charge in [-0.1, -0.05) is 65.7 Å². The summed E-state index contributed by atoms with van der Waals surface area (Å²) < 4.78 is 33.6. The monoisotopic (exact) mass is 470 g/mol. The van der Waals surface area contributed by atoms with Gasteiger partial charge in [-0.2, -0.15) is 13.5 Å². The lowest BCUT2D eigenvalue weighted by Crippen LogP contribution is -2.18. The van der Waals surface area contributed by atoms with E-state index in [2.05, 4.69) is 5.10 Å². The molecule has 0 amide bonds. The summed E-state index contributed by atoms with van der Waals surface area (Å²) in [6.07, 6.45) is 3.14. The van der Waals surface area contributed by atoms with E-state index in [4.69, 9.17) is 27.9 Å². The molecular formula is C23H16Cl2N2O3S. The lowest BCUT2D eigenvalue weighted by molar-refractivity contribution is 0.511. The molecule has 0 atom stereocenters. The number of benzene rings is 3. The highest BCUT2D eigenvalue weighted by molar-refractivity contribution is 7.90. The Kier molecular flexibility index (Phi) is 6.13. The number of ether oxygens (including phenoxy) is 1. The second-order valence-corrected chi connectivity index (χ2v) is 9.05. The first-order chi connectivity index (χ1) is 14.9. The quantitative estimate of drug-likeness (QED) is 0.324. The molecular weight excluding hydrogens is 455 g/mol. The Morgan fingerprint density at radius 3 is 2.26 bits per heavy atom. The maximum absolute atomic E-state index is 13.3. The SMILES string of the molecule is O=S(=O)(c1ccccc1Cl)n1nccc1/C(=C\c1ccccc1)Oc1ccc(Cl)cc1. The molecule has 0 saturated carbocycles. The number of rotatable bonds is 6. The minimum Gasteiger partial charge on any atom is -0.455 e. The molecule has 3 aromatic carbocycles. The molecule has 0 fully saturated rings. The molecule has 1 heterocycles. The van der Waals surface area contributed by atoms with E-state index in [-0.39, 0.29) is 15.6 Å². The molecule has 156 valence electrons. The average Bonchev–Trinajstić information content (AvgIpc) is 3.27. The third-order valence-corrected chi connectivity index (χ3v) is 6.70. The van der Waals surface area contributed by atoms with Crippen molar-refractivity contribution in [3.05, 3.63) is 112 Å². The lowest BCUT2D eigenvalue weighted by atomic mass is 10.2. The Labute approximate surface area is 190 Å². The summed E-state index contributed by atoms with van der Waals surface area (Å²) in [6.45, 7) is 0. The van der Waals surface area contributed by atoms with Crippen LogP contribution in [0, 0.1) is 0 Å². The number of nitrogens with zero attached hydrogens (tertiary/aromatic N) is 2. The van der Waals surface area contributed by atoms with Gasteiger partial charge in [-0.3, -0.25) is 0 Å². The third-order valence-electron chi connectivity index (χ3n) is 4.34. The fourth-order valence-electron chi connectivity index (χ4n) is 2.89. The summed E-state index contributed by atoms with van der Waals surface area (Å²) >= 11 is 12.1. The van der Waals surface area contributed by atoms with Crippen molar-refractivity contribution in [2.45, 2.75) is 4.90 Å². The van der Waals surface area contributed by atoms with Crippen LogP contribution in [0.2, 0.25) is 10.0 Å². The minimum atomic E-state index is -4.06. The molecule has 0 bridgehead atoms. The van der Waals surface area contributed by atoms with Crippen LogP contribution in [0.4, 0.5) is 0 Å². The largest absolute Gasteiger partial charge is 0.455 e. The second kappa shape index (κ2) is 8.98. The maximum Gasteiger partial charge on any atom is 0.285 e. The van der Waals surface area contributed by atoms with E-state index in [1.807, 2.05) is 30.3 Å². The molecule has 0 spiro atoms. The lowest BCUT2D eigenvalue weighted by Gasteiger charge is -2.14. The molecule has 0 aliphatic rings. The smallest absolute Gasteiger partial charge is 0.285 e. The Bertz CT molecular complexity index is 1330. The topological polar surface area (TPSA) is 61.2 Å². The zero-order valence-corrected chi connectivity index (χ0v) is 18.3. The van der Waals surface area contributed by atoms with Gasteiger partial charge >= 0.3 is 0 Å². The second-order valence-electron chi connectivity index (χ2n) is 6.47. The van der Waals surface area contributed by atoms with Crippen LogP contribution in [0.25, 0.3) is 11.8 Å². The normalized spacial score (nSPS) is 12.0. The van der Waals surface area contributed by atoms with Gasteiger partial charge < -0.3 is 4.74 Å². The van der Waals surface area contributed by atoms with Gasteiger partial charge in [0.2, 0.25) is 0 Å². The van der Waals surface area contributed by atoms with Gasteiger partial charge in [0.05, 0.1) is 11.2 Å². The summed E-state index contributed by atoms with van der Waals surface area (Å²) in [4.78, 5) is -0.0489.